The van der Waals surface area contributed by atoms with Crippen LogP contribution in [-0.4, -0.2) is 4.57 Å². The van der Waals surface area contributed by atoms with Gasteiger partial charge in [0.05, 0.1) is 0 Å². The first-order chi connectivity index (χ1) is 9.93. The molecule has 0 unspecified atom stereocenters. The maximum absolute atomic E-state index is 2.52. The third kappa shape index (κ3) is 1.85. The minimum Gasteiger partial charge on any atom is -0.340 e. The first kappa shape index (κ1) is 11.8. The van der Waals surface area contributed by atoms with Crippen LogP contribution < -0.4 is 0 Å². The second kappa shape index (κ2) is 4.82. The van der Waals surface area contributed by atoms with Gasteiger partial charge in [-0.2, -0.15) is 0 Å². The van der Waals surface area contributed by atoms with Crippen LogP contribution in [0.25, 0.3) is 17.0 Å². The molecular formula is C19H19N. The first-order valence-electron chi connectivity index (χ1n) is 7.56. The Bertz CT molecular complexity index is 740. The van der Waals surface area contributed by atoms with Gasteiger partial charge in [-0.05, 0) is 37.3 Å². The second-order valence-corrected chi connectivity index (χ2v) is 5.66. The van der Waals surface area contributed by atoms with Gasteiger partial charge >= 0.3 is 0 Å². The number of nitrogens with zero attached hydrogens (tertiary/aromatic N) is 1. The Labute approximate surface area is 119 Å². The zero-order chi connectivity index (χ0) is 13.4. The number of fused-ring (bicyclic) bond motifs is 3. The normalized spacial score (nSPS) is 17.3. The third-order valence-corrected chi connectivity index (χ3v) is 4.37. The van der Waals surface area contributed by atoms with Crippen LogP contribution in [0.5, 0.6) is 0 Å². The second-order valence-electron chi connectivity index (χ2n) is 5.66. The first-order valence-corrected chi connectivity index (χ1v) is 7.56. The molecule has 0 radical (unpaired) electrons. The number of aromatic nitrogens is 1. The molecule has 4 rings (SSSR count). The average molecular weight is 261 g/mol. The van der Waals surface area contributed by atoms with E-state index in [4.69, 9.17) is 0 Å². The predicted molar refractivity (Wildman–Crippen MR) is 85.8 cm³/mol. The maximum atomic E-state index is 2.52. The lowest BCUT2D eigenvalue weighted by atomic mass is 10.0. The Balaban J connectivity index is 1.88. The molecule has 20 heavy (non-hydrogen) atoms. The number of hydrogen-bond donors (Lipinski definition) is 0. The van der Waals surface area contributed by atoms with E-state index in [2.05, 4.69) is 59.2 Å². The molecule has 1 aromatic heterocycles. The number of rotatable bonds is 2. The van der Waals surface area contributed by atoms with Crippen molar-refractivity contribution >= 4 is 17.0 Å². The Morgan fingerprint density at radius 2 is 1.85 bits per heavy atom. The standard InChI is InChI=1S/C19H19N/c1-2-8-15(9-3-1)14-20-18-12-6-4-10-16(18)17-11-5-7-13-19(17)20/h2,4-6,8-12H,1,3,7,13-14H2. The molecule has 0 saturated heterocycles. The summed E-state index contributed by atoms with van der Waals surface area (Å²) in [5.41, 5.74) is 5.78. The Morgan fingerprint density at radius 1 is 0.950 bits per heavy atom. The van der Waals surface area contributed by atoms with Crippen molar-refractivity contribution in [3.8, 4) is 0 Å². The SMILES string of the molecule is C1=CC(Cn2c3c(c4ccccc42)C=CCC3)=CCC1. The van der Waals surface area contributed by atoms with Crippen molar-refractivity contribution in [3.63, 3.8) is 0 Å². The summed E-state index contributed by atoms with van der Waals surface area (Å²) in [4.78, 5) is 0. The monoisotopic (exact) mass is 261 g/mol. The van der Waals surface area contributed by atoms with Gasteiger partial charge in [0.2, 0.25) is 0 Å². The van der Waals surface area contributed by atoms with E-state index in [9.17, 15) is 0 Å². The van der Waals surface area contributed by atoms with Gasteiger partial charge in [-0.15, -0.1) is 0 Å². The molecule has 0 aliphatic heterocycles. The summed E-state index contributed by atoms with van der Waals surface area (Å²) >= 11 is 0. The summed E-state index contributed by atoms with van der Waals surface area (Å²) in [5.74, 6) is 0. The number of allylic oxidation sites excluding steroid dienone is 5. The van der Waals surface area contributed by atoms with E-state index in [1.54, 1.807) is 0 Å². The summed E-state index contributed by atoms with van der Waals surface area (Å²) in [5, 5.41) is 1.40. The molecule has 0 fully saturated rings. The van der Waals surface area contributed by atoms with Crippen molar-refractivity contribution in [2.24, 2.45) is 0 Å². The fourth-order valence-electron chi connectivity index (χ4n) is 3.41. The van der Waals surface area contributed by atoms with Crippen LogP contribution in [-0.2, 0) is 13.0 Å². The van der Waals surface area contributed by atoms with E-state index in [0.29, 0.717) is 0 Å². The molecule has 1 heteroatoms. The van der Waals surface area contributed by atoms with Crippen molar-refractivity contribution in [3.05, 3.63) is 65.4 Å². The smallest absolute Gasteiger partial charge is 0.0491 e. The molecule has 100 valence electrons. The van der Waals surface area contributed by atoms with Gasteiger partial charge in [-0.1, -0.05) is 48.6 Å². The molecule has 2 aliphatic carbocycles. The highest BCUT2D eigenvalue weighted by atomic mass is 15.0. The quantitative estimate of drug-likeness (QED) is 0.726. The van der Waals surface area contributed by atoms with E-state index in [1.165, 1.54) is 40.6 Å². The van der Waals surface area contributed by atoms with E-state index in [0.717, 1.165) is 19.4 Å². The molecule has 1 nitrogen and oxygen atoms in total. The number of para-hydroxylation sites is 1. The minimum atomic E-state index is 1.01. The fourth-order valence-corrected chi connectivity index (χ4v) is 3.41. The van der Waals surface area contributed by atoms with E-state index in [1.807, 2.05) is 0 Å². The lowest BCUT2D eigenvalue weighted by Crippen LogP contribution is -2.07. The molecule has 0 spiro atoms. The maximum Gasteiger partial charge on any atom is 0.0491 e. The van der Waals surface area contributed by atoms with Gasteiger partial charge in [0.15, 0.2) is 0 Å². The van der Waals surface area contributed by atoms with Crippen LogP contribution in [0, 0.1) is 0 Å². The highest BCUT2D eigenvalue weighted by molar-refractivity contribution is 5.92. The van der Waals surface area contributed by atoms with Crippen LogP contribution >= 0.6 is 0 Å². The van der Waals surface area contributed by atoms with Gasteiger partial charge in [-0.3, -0.25) is 0 Å². The summed E-state index contributed by atoms with van der Waals surface area (Å²) < 4.78 is 2.52. The topological polar surface area (TPSA) is 4.93 Å². The van der Waals surface area contributed by atoms with Gasteiger partial charge in [0.1, 0.15) is 0 Å². The molecule has 0 bridgehead atoms. The number of hydrogen-bond acceptors (Lipinski definition) is 0. The van der Waals surface area contributed by atoms with Crippen molar-refractivity contribution < 1.29 is 0 Å². The summed E-state index contributed by atoms with van der Waals surface area (Å²) in [7, 11) is 0. The Hall–Kier alpha value is -2.02. The van der Waals surface area contributed by atoms with Crippen LogP contribution in [0.1, 0.15) is 30.5 Å². The molecule has 0 atom stereocenters. The molecule has 1 heterocycles. The van der Waals surface area contributed by atoms with E-state index < -0.39 is 0 Å². The van der Waals surface area contributed by atoms with Crippen molar-refractivity contribution in [2.75, 3.05) is 0 Å². The van der Waals surface area contributed by atoms with Gasteiger partial charge < -0.3 is 4.57 Å². The summed E-state index contributed by atoms with van der Waals surface area (Å²) in [6.45, 7) is 1.01. The van der Waals surface area contributed by atoms with Crippen molar-refractivity contribution in [1.82, 2.24) is 4.57 Å². The molecule has 2 aliphatic rings. The minimum absolute atomic E-state index is 1.01. The summed E-state index contributed by atoms with van der Waals surface area (Å²) in [6, 6.07) is 8.81. The Kier molecular flexibility index (Phi) is 2.84. The molecule has 1 aromatic carbocycles. The highest BCUT2D eigenvalue weighted by Gasteiger charge is 2.17. The highest BCUT2D eigenvalue weighted by Crippen LogP contribution is 2.32. The summed E-state index contributed by atoms with van der Waals surface area (Å²) in [6.07, 6.45) is 16.3. The average Bonchev–Trinajstić information content (AvgIpc) is 2.84. The van der Waals surface area contributed by atoms with Gasteiger partial charge in [0.25, 0.3) is 0 Å². The van der Waals surface area contributed by atoms with Crippen LogP contribution in [0.3, 0.4) is 0 Å². The van der Waals surface area contributed by atoms with Crippen LogP contribution in [0.2, 0.25) is 0 Å². The van der Waals surface area contributed by atoms with Gasteiger partial charge in [0, 0.05) is 28.7 Å². The third-order valence-electron chi connectivity index (χ3n) is 4.37. The zero-order valence-electron chi connectivity index (χ0n) is 11.7. The largest absolute Gasteiger partial charge is 0.340 e. The molecular weight excluding hydrogens is 242 g/mol. The van der Waals surface area contributed by atoms with Crippen LogP contribution in [0.4, 0.5) is 0 Å². The van der Waals surface area contributed by atoms with Crippen molar-refractivity contribution in [2.45, 2.75) is 32.2 Å². The number of benzene rings is 1. The molecule has 0 N–H and O–H groups in total. The van der Waals surface area contributed by atoms with Gasteiger partial charge in [-0.25, -0.2) is 0 Å². The van der Waals surface area contributed by atoms with Crippen molar-refractivity contribution in [1.29, 1.82) is 0 Å². The fraction of sp³-hybridized carbons (Fsp3) is 0.263. The lowest BCUT2D eigenvalue weighted by Gasteiger charge is -2.15. The Morgan fingerprint density at radius 3 is 2.75 bits per heavy atom. The molecule has 0 amide bonds. The molecule has 2 aromatic rings. The van der Waals surface area contributed by atoms with Crippen LogP contribution in [0.15, 0.2) is 54.1 Å². The molecule has 0 saturated carbocycles. The lowest BCUT2D eigenvalue weighted by molar-refractivity contribution is 0.747. The zero-order valence-corrected chi connectivity index (χ0v) is 11.7. The van der Waals surface area contributed by atoms with E-state index >= 15 is 0 Å². The van der Waals surface area contributed by atoms with E-state index in [-0.39, 0.29) is 0 Å². The predicted octanol–water partition coefficient (Wildman–Crippen LogP) is 4.88.